The molecule has 8 nitrogen and oxygen atoms in total. The quantitative estimate of drug-likeness (QED) is 0.346. The number of carbonyl (C=O) groups is 2. The molecule has 1 saturated heterocycles. The summed E-state index contributed by atoms with van der Waals surface area (Å²) in [5, 5.41) is 4.61. The topological polar surface area (TPSA) is 96.5 Å². The average molecular weight is 524 g/mol. The summed E-state index contributed by atoms with van der Waals surface area (Å²) in [5.74, 6) is -1.57. The van der Waals surface area contributed by atoms with E-state index >= 15 is 4.39 Å². The molecule has 0 aliphatic carbocycles. The number of nitrogens with one attached hydrogen (secondary N) is 2. The van der Waals surface area contributed by atoms with Crippen LogP contribution >= 0.6 is 11.6 Å². The number of rotatable bonds is 5. The second-order valence-corrected chi connectivity index (χ2v) is 8.64. The third kappa shape index (κ3) is 5.35. The van der Waals surface area contributed by atoms with Gasteiger partial charge in [-0.25, -0.2) is 18.6 Å². The number of halogens is 3. The first-order valence-corrected chi connectivity index (χ1v) is 11.7. The van der Waals surface area contributed by atoms with Gasteiger partial charge in [-0.2, -0.15) is 0 Å². The first-order valence-electron chi connectivity index (χ1n) is 11.3. The number of anilines is 3. The van der Waals surface area contributed by atoms with Gasteiger partial charge < -0.3 is 20.3 Å². The molecular formula is C26H20ClF2N5O3. The summed E-state index contributed by atoms with van der Waals surface area (Å²) in [7, 11) is 0. The first-order chi connectivity index (χ1) is 17.9. The monoisotopic (exact) mass is 523 g/mol. The van der Waals surface area contributed by atoms with Crippen LogP contribution in [0.3, 0.4) is 0 Å². The van der Waals surface area contributed by atoms with Crippen molar-refractivity contribution in [3.05, 3.63) is 88.6 Å². The van der Waals surface area contributed by atoms with Gasteiger partial charge in [0, 0.05) is 24.3 Å². The molecule has 0 atom stereocenters. The van der Waals surface area contributed by atoms with Crippen LogP contribution in [0.4, 0.5) is 30.8 Å². The van der Waals surface area contributed by atoms with E-state index in [2.05, 4.69) is 20.6 Å². The van der Waals surface area contributed by atoms with Crippen molar-refractivity contribution in [3.8, 4) is 0 Å². The molecule has 2 amide bonds. The van der Waals surface area contributed by atoms with E-state index in [0.29, 0.717) is 43.2 Å². The summed E-state index contributed by atoms with van der Waals surface area (Å²) in [6, 6.07) is 11.6. The van der Waals surface area contributed by atoms with Crippen molar-refractivity contribution in [2.45, 2.75) is 0 Å². The van der Waals surface area contributed by atoms with Gasteiger partial charge in [0.15, 0.2) is 11.6 Å². The van der Waals surface area contributed by atoms with Crippen LogP contribution in [0.5, 0.6) is 0 Å². The van der Waals surface area contributed by atoms with E-state index in [1.54, 1.807) is 12.3 Å². The van der Waals surface area contributed by atoms with Crippen molar-refractivity contribution in [1.29, 1.82) is 0 Å². The zero-order chi connectivity index (χ0) is 25.9. The number of hydrogen-bond donors (Lipinski definition) is 2. The molecule has 0 bridgehead atoms. The van der Waals surface area contributed by atoms with Crippen LogP contribution < -0.4 is 15.5 Å². The lowest BCUT2D eigenvalue weighted by Crippen LogP contribution is -2.36. The minimum absolute atomic E-state index is 0.119. The molecule has 0 unspecified atom stereocenters. The zero-order valence-electron chi connectivity index (χ0n) is 19.3. The van der Waals surface area contributed by atoms with Crippen LogP contribution in [-0.2, 0) is 4.74 Å². The van der Waals surface area contributed by atoms with Gasteiger partial charge in [0.1, 0.15) is 11.6 Å². The van der Waals surface area contributed by atoms with E-state index in [4.69, 9.17) is 16.3 Å². The highest BCUT2D eigenvalue weighted by molar-refractivity contribution is 6.35. The average Bonchev–Trinajstić information content (AvgIpc) is 2.90. The van der Waals surface area contributed by atoms with Crippen molar-refractivity contribution < 1.29 is 23.1 Å². The molecule has 1 aliphatic heterocycles. The lowest BCUT2D eigenvalue weighted by atomic mass is 10.0. The number of aromatic nitrogens is 2. The largest absolute Gasteiger partial charge is 0.378 e. The second kappa shape index (κ2) is 10.5. The smallest absolute Gasteiger partial charge is 0.323 e. The molecule has 188 valence electrons. The first kappa shape index (κ1) is 24.5. The summed E-state index contributed by atoms with van der Waals surface area (Å²) >= 11 is 6.20. The Morgan fingerprint density at radius 2 is 1.78 bits per heavy atom. The maximum absolute atomic E-state index is 15.4. The highest BCUT2D eigenvalue weighted by Crippen LogP contribution is 2.29. The Kier molecular flexibility index (Phi) is 6.93. The molecule has 37 heavy (non-hydrogen) atoms. The van der Waals surface area contributed by atoms with Crippen LogP contribution in [0.15, 0.2) is 60.8 Å². The molecule has 4 aromatic rings. The maximum Gasteiger partial charge on any atom is 0.323 e. The normalized spacial score (nSPS) is 13.4. The lowest BCUT2D eigenvalue weighted by Gasteiger charge is -2.27. The number of carbonyl (C=O) groups excluding carboxylic acids is 2. The van der Waals surface area contributed by atoms with Gasteiger partial charge in [0.2, 0.25) is 0 Å². The van der Waals surface area contributed by atoms with Crippen LogP contribution in [0.2, 0.25) is 5.02 Å². The number of fused-ring (bicyclic) bond motifs is 1. The predicted octanol–water partition coefficient (Wildman–Crippen LogP) is 5.27. The van der Waals surface area contributed by atoms with Gasteiger partial charge in [-0.3, -0.25) is 9.78 Å². The number of urea groups is 1. The van der Waals surface area contributed by atoms with Crippen molar-refractivity contribution in [1.82, 2.24) is 9.97 Å². The van der Waals surface area contributed by atoms with Gasteiger partial charge in [-0.05, 0) is 48.5 Å². The molecule has 1 aliphatic rings. The number of morpholine rings is 1. The molecule has 11 heteroatoms. The Morgan fingerprint density at radius 1 is 0.973 bits per heavy atom. The Hall–Kier alpha value is -4.15. The summed E-state index contributed by atoms with van der Waals surface area (Å²) in [5.41, 5.74) is 0.707. The molecule has 1 aromatic heterocycles. The zero-order valence-corrected chi connectivity index (χ0v) is 20.1. The summed E-state index contributed by atoms with van der Waals surface area (Å²) in [6.07, 6.45) is 1.66. The van der Waals surface area contributed by atoms with E-state index in [-0.39, 0.29) is 22.0 Å². The van der Waals surface area contributed by atoms with Crippen molar-refractivity contribution in [2.75, 3.05) is 41.8 Å². The molecule has 1 fully saturated rings. The third-order valence-corrected chi connectivity index (χ3v) is 6.09. The van der Waals surface area contributed by atoms with Crippen LogP contribution in [0.1, 0.15) is 15.9 Å². The Bertz CT molecular complexity index is 1510. The number of nitrogens with zero attached hydrogens (tertiary/aromatic N) is 3. The lowest BCUT2D eigenvalue weighted by molar-refractivity contribution is 0.103. The molecule has 5 rings (SSSR count). The number of benzene rings is 3. The number of ketones is 1. The highest BCUT2D eigenvalue weighted by atomic mass is 35.5. The standard InChI is InChI=1S/C26H20ClF2N5O3/c27-18-5-7-20(33-26(36)31-17-3-1-2-16(28)13-17)24(29)23(18)25(35)15-4-6-19-21(12-15)32-22(14-30-19)34-8-10-37-11-9-34/h1-7,12-14H,8-11H2,(H2,31,33,36). The number of ether oxygens (including phenoxy) is 1. The fraction of sp³-hybridized carbons (Fsp3) is 0.154. The van der Waals surface area contributed by atoms with E-state index < -0.39 is 29.0 Å². The van der Waals surface area contributed by atoms with Crippen LogP contribution in [-0.4, -0.2) is 48.1 Å². The summed E-state index contributed by atoms with van der Waals surface area (Å²) < 4.78 is 34.1. The molecule has 0 saturated carbocycles. The van der Waals surface area contributed by atoms with Crippen LogP contribution in [0, 0.1) is 11.6 Å². The minimum Gasteiger partial charge on any atom is -0.378 e. The van der Waals surface area contributed by atoms with Gasteiger partial charge in [0.05, 0.1) is 46.7 Å². The predicted molar refractivity (Wildman–Crippen MR) is 136 cm³/mol. The van der Waals surface area contributed by atoms with Gasteiger partial charge in [-0.15, -0.1) is 0 Å². The van der Waals surface area contributed by atoms with E-state index in [1.807, 2.05) is 4.90 Å². The molecule has 3 aromatic carbocycles. The third-order valence-electron chi connectivity index (χ3n) is 5.78. The molecule has 2 N–H and O–H groups in total. The summed E-state index contributed by atoms with van der Waals surface area (Å²) in [6.45, 7) is 2.51. The fourth-order valence-electron chi connectivity index (χ4n) is 3.94. The Balaban J connectivity index is 1.41. The number of amides is 2. The van der Waals surface area contributed by atoms with Crippen molar-refractivity contribution >= 4 is 51.6 Å². The minimum atomic E-state index is -1.000. The van der Waals surface area contributed by atoms with Gasteiger partial charge in [0.25, 0.3) is 0 Å². The van der Waals surface area contributed by atoms with Crippen molar-refractivity contribution in [2.24, 2.45) is 0 Å². The van der Waals surface area contributed by atoms with E-state index in [9.17, 15) is 14.0 Å². The molecular weight excluding hydrogens is 504 g/mol. The molecule has 0 spiro atoms. The van der Waals surface area contributed by atoms with Gasteiger partial charge >= 0.3 is 6.03 Å². The van der Waals surface area contributed by atoms with Crippen molar-refractivity contribution in [3.63, 3.8) is 0 Å². The fourth-order valence-corrected chi connectivity index (χ4v) is 4.17. The second-order valence-electron chi connectivity index (χ2n) is 8.23. The van der Waals surface area contributed by atoms with E-state index in [1.165, 1.54) is 42.5 Å². The Labute approximate surface area is 215 Å². The molecule has 2 heterocycles. The van der Waals surface area contributed by atoms with Crippen LogP contribution in [0.25, 0.3) is 11.0 Å². The summed E-state index contributed by atoms with van der Waals surface area (Å²) in [4.78, 5) is 36.7. The maximum atomic E-state index is 15.4. The highest BCUT2D eigenvalue weighted by Gasteiger charge is 2.23. The SMILES string of the molecule is O=C(Nc1cccc(F)c1)Nc1ccc(Cl)c(C(=O)c2ccc3ncc(N4CCOCC4)nc3c2)c1F. The molecule has 0 radical (unpaired) electrons. The Morgan fingerprint density at radius 3 is 2.57 bits per heavy atom. The number of hydrogen-bond acceptors (Lipinski definition) is 6. The van der Waals surface area contributed by atoms with Gasteiger partial charge in [-0.1, -0.05) is 17.7 Å². The van der Waals surface area contributed by atoms with E-state index in [0.717, 1.165) is 6.07 Å².